The molecule has 0 unspecified atom stereocenters. The summed E-state index contributed by atoms with van der Waals surface area (Å²) in [5.74, 6) is 0.718. The van der Waals surface area contributed by atoms with Crippen LogP contribution in [0, 0.1) is 0 Å². The number of rotatable bonds is 4. The Morgan fingerprint density at radius 1 is 1.19 bits per heavy atom. The number of likely N-dealkylation sites (N-methyl/N-ethyl adjacent to an activating group) is 1. The molecule has 112 valence electrons. The molecule has 1 aliphatic heterocycles. The molecule has 0 radical (unpaired) electrons. The monoisotopic (exact) mass is 288 g/mol. The molecule has 5 nitrogen and oxygen atoms in total. The van der Waals surface area contributed by atoms with Crippen molar-refractivity contribution in [3.8, 4) is 5.75 Å². The van der Waals surface area contributed by atoms with E-state index < -0.39 is 0 Å². The van der Waals surface area contributed by atoms with Crippen molar-refractivity contribution in [3.63, 3.8) is 0 Å². The lowest BCUT2D eigenvalue weighted by Crippen LogP contribution is -2.45. The quantitative estimate of drug-likeness (QED) is 0.851. The fourth-order valence-corrected chi connectivity index (χ4v) is 2.52. The van der Waals surface area contributed by atoms with Crippen LogP contribution in [0.15, 0.2) is 39.7 Å². The summed E-state index contributed by atoms with van der Waals surface area (Å²) >= 11 is 0. The van der Waals surface area contributed by atoms with Gasteiger partial charge >= 0.3 is 0 Å². The Kier molecular flexibility index (Phi) is 4.22. The molecular weight excluding hydrogens is 268 g/mol. The van der Waals surface area contributed by atoms with Gasteiger partial charge in [-0.2, -0.15) is 0 Å². The third-order valence-electron chi connectivity index (χ3n) is 3.90. The average Bonchev–Trinajstić information content (AvgIpc) is 2.50. The SMILES string of the molecule is CN1CCN(CCOc2ccc3occc(=O)c3c2)CC1. The highest BCUT2D eigenvalue weighted by atomic mass is 16.5. The molecule has 1 aromatic carbocycles. The Morgan fingerprint density at radius 2 is 2.00 bits per heavy atom. The van der Waals surface area contributed by atoms with Crippen LogP contribution < -0.4 is 10.2 Å². The Morgan fingerprint density at radius 3 is 2.81 bits per heavy atom. The van der Waals surface area contributed by atoms with Gasteiger partial charge < -0.3 is 14.1 Å². The Bertz CT molecular complexity index is 660. The molecule has 1 aliphatic rings. The van der Waals surface area contributed by atoms with Crippen LogP contribution in [-0.4, -0.2) is 56.2 Å². The van der Waals surface area contributed by atoms with Gasteiger partial charge in [0, 0.05) is 38.8 Å². The molecule has 2 aromatic rings. The minimum absolute atomic E-state index is 0.0410. The number of benzene rings is 1. The molecule has 0 aliphatic carbocycles. The van der Waals surface area contributed by atoms with Gasteiger partial charge in [-0.1, -0.05) is 0 Å². The minimum Gasteiger partial charge on any atom is -0.492 e. The molecule has 21 heavy (non-hydrogen) atoms. The van der Waals surface area contributed by atoms with Gasteiger partial charge in [-0.15, -0.1) is 0 Å². The maximum absolute atomic E-state index is 11.8. The number of fused-ring (bicyclic) bond motifs is 1. The van der Waals surface area contributed by atoms with Crippen molar-refractivity contribution in [3.05, 3.63) is 40.8 Å². The molecule has 1 fully saturated rings. The van der Waals surface area contributed by atoms with E-state index in [0.29, 0.717) is 17.6 Å². The smallest absolute Gasteiger partial charge is 0.192 e. The summed E-state index contributed by atoms with van der Waals surface area (Å²) in [5, 5.41) is 0.564. The molecule has 0 amide bonds. The van der Waals surface area contributed by atoms with Crippen LogP contribution in [0.2, 0.25) is 0 Å². The summed E-state index contributed by atoms with van der Waals surface area (Å²) in [7, 11) is 2.15. The summed E-state index contributed by atoms with van der Waals surface area (Å²) in [6.45, 7) is 5.93. The van der Waals surface area contributed by atoms with Crippen LogP contribution in [0.25, 0.3) is 11.0 Å². The second-order valence-electron chi connectivity index (χ2n) is 5.44. The molecule has 5 heteroatoms. The number of piperazine rings is 1. The van der Waals surface area contributed by atoms with Crippen LogP contribution in [-0.2, 0) is 0 Å². The zero-order valence-electron chi connectivity index (χ0n) is 12.2. The van der Waals surface area contributed by atoms with Crippen molar-refractivity contribution >= 4 is 11.0 Å². The fourth-order valence-electron chi connectivity index (χ4n) is 2.52. The summed E-state index contributed by atoms with van der Waals surface area (Å²) < 4.78 is 11.1. The predicted molar refractivity (Wildman–Crippen MR) is 81.9 cm³/mol. The van der Waals surface area contributed by atoms with E-state index in [2.05, 4.69) is 16.8 Å². The van der Waals surface area contributed by atoms with Gasteiger partial charge in [-0.25, -0.2) is 0 Å². The number of hydrogen-bond donors (Lipinski definition) is 0. The van der Waals surface area contributed by atoms with Gasteiger partial charge in [0.05, 0.1) is 11.6 Å². The summed E-state index contributed by atoms with van der Waals surface area (Å²) in [5.41, 5.74) is 0.551. The summed E-state index contributed by atoms with van der Waals surface area (Å²) in [4.78, 5) is 16.5. The second-order valence-corrected chi connectivity index (χ2v) is 5.44. The lowest BCUT2D eigenvalue weighted by Gasteiger charge is -2.32. The van der Waals surface area contributed by atoms with Crippen molar-refractivity contribution in [1.29, 1.82) is 0 Å². The zero-order valence-corrected chi connectivity index (χ0v) is 12.2. The van der Waals surface area contributed by atoms with Crippen LogP contribution in [0.3, 0.4) is 0 Å². The van der Waals surface area contributed by atoms with Gasteiger partial charge in [0.15, 0.2) is 5.43 Å². The first-order chi connectivity index (χ1) is 10.2. The highest BCUT2D eigenvalue weighted by Crippen LogP contribution is 2.18. The van der Waals surface area contributed by atoms with E-state index in [9.17, 15) is 4.79 Å². The van der Waals surface area contributed by atoms with E-state index in [1.807, 2.05) is 6.07 Å². The molecule has 1 saturated heterocycles. The van der Waals surface area contributed by atoms with Crippen molar-refractivity contribution in [2.45, 2.75) is 0 Å². The molecule has 0 N–H and O–H groups in total. The van der Waals surface area contributed by atoms with Gasteiger partial charge in [-0.05, 0) is 25.2 Å². The highest BCUT2D eigenvalue weighted by molar-refractivity contribution is 5.77. The van der Waals surface area contributed by atoms with Gasteiger partial charge in [0.2, 0.25) is 0 Å². The summed E-state index contributed by atoms with van der Waals surface area (Å²) in [6, 6.07) is 6.80. The lowest BCUT2D eigenvalue weighted by molar-refractivity contribution is 0.134. The number of ether oxygens (including phenoxy) is 1. The van der Waals surface area contributed by atoms with Gasteiger partial charge in [-0.3, -0.25) is 9.69 Å². The molecule has 2 heterocycles. The van der Waals surface area contributed by atoms with E-state index in [4.69, 9.17) is 9.15 Å². The molecule has 1 aromatic heterocycles. The van der Waals surface area contributed by atoms with E-state index >= 15 is 0 Å². The van der Waals surface area contributed by atoms with Crippen molar-refractivity contribution in [1.82, 2.24) is 9.80 Å². The van der Waals surface area contributed by atoms with Crippen LogP contribution in [0.4, 0.5) is 0 Å². The minimum atomic E-state index is -0.0410. The van der Waals surface area contributed by atoms with Crippen molar-refractivity contribution in [2.75, 3.05) is 46.4 Å². The van der Waals surface area contributed by atoms with Gasteiger partial charge in [0.25, 0.3) is 0 Å². The fraction of sp³-hybridized carbons (Fsp3) is 0.438. The molecule has 0 spiro atoms. The zero-order chi connectivity index (χ0) is 14.7. The molecule has 0 saturated carbocycles. The van der Waals surface area contributed by atoms with Crippen molar-refractivity contribution < 1.29 is 9.15 Å². The van der Waals surface area contributed by atoms with Crippen LogP contribution in [0.1, 0.15) is 0 Å². The molecule has 0 atom stereocenters. The average molecular weight is 288 g/mol. The molecular formula is C16H20N2O3. The van der Waals surface area contributed by atoms with E-state index in [0.717, 1.165) is 38.5 Å². The number of nitrogens with zero attached hydrogens (tertiary/aromatic N) is 2. The Balaban J connectivity index is 1.58. The predicted octanol–water partition coefficient (Wildman–Crippen LogP) is 1.42. The first-order valence-corrected chi connectivity index (χ1v) is 7.28. The largest absolute Gasteiger partial charge is 0.492 e. The van der Waals surface area contributed by atoms with Crippen molar-refractivity contribution in [2.24, 2.45) is 0 Å². The topological polar surface area (TPSA) is 45.9 Å². The molecule has 3 rings (SSSR count). The Labute approximate surface area is 123 Å². The first kappa shape index (κ1) is 14.1. The van der Waals surface area contributed by atoms with E-state index in [-0.39, 0.29) is 5.43 Å². The maximum Gasteiger partial charge on any atom is 0.192 e. The first-order valence-electron chi connectivity index (χ1n) is 7.28. The van der Waals surface area contributed by atoms with Gasteiger partial charge in [0.1, 0.15) is 17.9 Å². The third kappa shape index (κ3) is 3.43. The normalized spacial score (nSPS) is 17.2. The van der Waals surface area contributed by atoms with E-state index in [1.54, 1.807) is 12.1 Å². The second kappa shape index (κ2) is 6.28. The molecule has 0 bridgehead atoms. The Hall–Kier alpha value is -1.85. The number of hydrogen-bond acceptors (Lipinski definition) is 5. The van der Waals surface area contributed by atoms with E-state index in [1.165, 1.54) is 12.3 Å². The van der Waals surface area contributed by atoms with Crippen LogP contribution in [0.5, 0.6) is 5.75 Å². The highest BCUT2D eigenvalue weighted by Gasteiger charge is 2.13. The van der Waals surface area contributed by atoms with Crippen LogP contribution >= 0.6 is 0 Å². The standard InChI is InChI=1S/C16H20N2O3/c1-17-5-7-18(8-6-17)9-11-20-13-2-3-16-14(12-13)15(19)4-10-21-16/h2-4,10,12H,5-9,11H2,1H3. The summed E-state index contributed by atoms with van der Waals surface area (Å²) in [6.07, 6.45) is 1.42. The third-order valence-corrected chi connectivity index (χ3v) is 3.90. The maximum atomic E-state index is 11.8. The lowest BCUT2D eigenvalue weighted by atomic mass is 10.2.